The topological polar surface area (TPSA) is 176 Å². The largest absolute Gasteiger partial charge is 0.228 e. The zero-order valence-electron chi connectivity index (χ0n) is 53.7. The van der Waals surface area contributed by atoms with Gasteiger partial charge in [-0.25, -0.2) is 49.8 Å². The molecule has 4 aromatic heterocycles. The second kappa shape index (κ2) is 28.8. The monoisotopic (exact) mass is 1280 g/mol. The first-order valence-corrected chi connectivity index (χ1v) is 32.5. The van der Waals surface area contributed by atoms with Crippen molar-refractivity contribution in [3.05, 3.63) is 351 Å². The number of nitriles is 2. The molecule has 4 heterocycles. The molecule has 0 radical (unpaired) electrons. The van der Waals surface area contributed by atoms with E-state index < -0.39 is 0 Å². The second-order valence-electron chi connectivity index (χ2n) is 23.4. The quantitative estimate of drug-likeness (QED) is 0.101. The predicted octanol–water partition coefficient (Wildman–Crippen LogP) is 20.4. The molecule has 0 fully saturated rings. The summed E-state index contributed by atoms with van der Waals surface area (Å²) in [7, 11) is 0. The predicted molar refractivity (Wildman–Crippen MR) is 396 cm³/mol. The van der Waals surface area contributed by atoms with Crippen LogP contribution in [0.2, 0.25) is 0 Å². The summed E-state index contributed by atoms with van der Waals surface area (Å²) in [5, 5.41) is 19.0. The van der Waals surface area contributed by atoms with Crippen molar-refractivity contribution in [2.24, 2.45) is 0 Å². The van der Waals surface area contributed by atoms with E-state index in [0.717, 1.165) is 112 Å². The maximum absolute atomic E-state index is 9.52. The molecule has 0 amide bonds. The molecule has 16 aromatic rings. The summed E-state index contributed by atoms with van der Waals surface area (Å²) in [6.07, 6.45) is 0. The standard InChI is InChI=1S/2C44H28N6/c45-29-30-12-10-21-38(26-30)44-46-39(32-13-4-1-5-14-32)28-40(47-44)37-20-11-19-36(27-37)31-22-24-35(25-23-31)43-49-41(33-15-6-2-7-16-33)48-42(50-43)34-17-8-3-9-18-34;45-29-30-12-10-20-37(26-30)39-28-40(47-41(46-39)32-13-4-1-5-14-32)38-21-11-19-36(27-38)31-22-24-35(25-23-31)44-49-42(33-15-6-2-7-16-33)48-43(50-44)34-17-8-3-9-18-34/h2*1-28H. The van der Waals surface area contributed by atoms with E-state index in [-0.39, 0.29) is 0 Å². The first kappa shape index (κ1) is 61.9. The Bertz CT molecular complexity index is 5190. The van der Waals surface area contributed by atoms with E-state index in [4.69, 9.17) is 49.8 Å². The molecule has 0 aliphatic carbocycles. The molecule has 12 aromatic carbocycles. The first-order valence-electron chi connectivity index (χ1n) is 32.5. The molecule has 12 heteroatoms. The van der Waals surface area contributed by atoms with Crippen LogP contribution in [-0.4, -0.2) is 49.8 Å². The highest BCUT2D eigenvalue weighted by atomic mass is 15.0. The van der Waals surface area contributed by atoms with Gasteiger partial charge in [-0.3, -0.25) is 0 Å². The van der Waals surface area contributed by atoms with Crippen LogP contribution in [0.4, 0.5) is 0 Å². The van der Waals surface area contributed by atoms with Crippen molar-refractivity contribution in [3.63, 3.8) is 0 Å². The molecule has 0 N–H and O–H groups in total. The summed E-state index contributed by atoms with van der Waals surface area (Å²) in [5.74, 6) is 4.93. The number of rotatable bonds is 14. The highest BCUT2D eigenvalue weighted by molar-refractivity contribution is 5.80. The van der Waals surface area contributed by atoms with Crippen molar-refractivity contribution in [2.45, 2.75) is 0 Å². The van der Waals surface area contributed by atoms with Gasteiger partial charge in [-0.1, -0.05) is 291 Å². The number of aromatic nitrogens is 10. The summed E-state index contributed by atoms with van der Waals surface area (Å²) in [6, 6.07) is 117. The Morgan fingerprint density at radius 1 is 0.150 bits per heavy atom. The average Bonchev–Trinajstić information content (AvgIpc) is 0.809. The molecular weight excluding hydrogens is 1230 g/mol. The second-order valence-corrected chi connectivity index (χ2v) is 23.4. The summed E-state index contributed by atoms with van der Waals surface area (Å²) >= 11 is 0. The molecular formula is C88H56N12. The molecule has 0 spiro atoms. The van der Waals surface area contributed by atoms with Crippen LogP contribution in [0.15, 0.2) is 340 Å². The van der Waals surface area contributed by atoms with E-state index >= 15 is 0 Å². The van der Waals surface area contributed by atoms with Crippen LogP contribution in [0, 0.1) is 22.7 Å². The molecule has 0 saturated heterocycles. The van der Waals surface area contributed by atoms with Crippen LogP contribution < -0.4 is 0 Å². The highest BCUT2D eigenvalue weighted by Gasteiger charge is 2.18. The SMILES string of the molecule is N#Cc1cccc(-c2cc(-c3cccc(-c4ccc(-c5nc(-c6ccccc6)nc(-c6ccccc6)n5)cc4)c3)nc(-c3ccccc3)n2)c1.N#Cc1cccc(-c2nc(-c3ccccc3)cc(-c3cccc(-c4ccc(-c5nc(-c6ccccc6)nc(-c6ccccc6)n5)cc4)c3)n2)c1. The third-order valence-corrected chi connectivity index (χ3v) is 16.8. The lowest BCUT2D eigenvalue weighted by molar-refractivity contribution is 1.07. The van der Waals surface area contributed by atoms with E-state index in [1.54, 1.807) is 12.1 Å². The van der Waals surface area contributed by atoms with Gasteiger partial charge in [0.05, 0.1) is 46.0 Å². The van der Waals surface area contributed by atoms with E-state index in [2.05, 4.69) is 97.1 Å². The fourth-order valence-corrected chi connectivity index (χ4v) is 11.6. The minimum Gasteiger partial charge on any atom is -0.228 e. The van der Waals surface area contributed by atoms with Gasteiger partial charge in [-0.15, -0.1) is 0 Å². The van der Waals surface area contributed by atoms with Crippen LogP contribution in [0.1, 0.15) is 11.1 Å². The normalized spacial score (nSPS) is 10.8. The summed E-state index contributed by atoms with van der Waals surface area (Å²) in [5.41, 5.74) is 19.5. The van der Waals surface area contributed by atoms with Gasteiger partial charge in [0.1, 0.15) is 0 Å². The van der Waals surface area contributed by atoms with Crippen molar-refractivity contribution in [1.82, 2.24) is 49.8 Å². The van der Waals surface area contributed by atoms with Gasteiger partial charge in [0.15, 0.2) is 46.6 Å². The summed E-state index contributed by atoms with van der Waals surface area (Å²) < 4.78 is 0. The minimum absolute atomic E-state index is 0.563. The van der Waals surface area contributed by atoms with Gasteiger partial charge < -0.3 is 0 Å². The van der Waals surface area contributed by atoms with Crippen LogP contribution in [0.5, 0.6) is 0 Å². The zero-order valence-corrected chi connectivity index (χ0v) is 53.7. The van der Waals surface area contributed by atoms with Crippen molar-refractivity contribution in [1.29, 1.82) is 10.5 Å². The number of hydrogen-bond donors (Lipinski definition) is 0. The molecule has 0 aliphatic heterocycles. The Morgan fingerprint density at radius 2 is 0.360 bits per heavy atom. The van der Waals surface area contributed by atoms with Gasteiger partial charge in [0.2, 0.25) is 0 Å². The summed E-state index contributed by atoms with van der Waals surface area (Å²) in [6.45, 7) is 0. The molecule has 16 rings (SSSR count). The molecule has 0 atom stereocenters. The molecule has 0 aliphatic rings. The molecule has 12 nitrogen and oxygen atoms in total. The molecule has 0 unspecified atom stereocenters. The van der Waals surface area contributed by atoms with Crippen molar-refractivity contribution in [3.8, 4) is 171 Å². The van der Waals surface area contributed by atoms with Crippen molar-refractivity contribution >= 4 is 0 Å². The molecule has 100 heavy (non-hydrogen) atoms. The van der Waals surface area contributed by atoms with Crippen LogP contribution in [0.25, 0.3) is 158 Å². The lowest BCUT2D eigenvalue weighted by atomic mass is 9.99. The lowest BCUT2D eigenvalue weighted by Crippen LogP contribution is -2.00. The van der Waals surface area contributed by atoms with E-state index in [1.165, 1.54) is 0 Å². The minimum atomic E-state index is 0.563. The maximum Gasteiger partial charge on any atom is 0.164 e. The Labute approximate surface area is 578 Å². The number of benzene rings is 12. The first-order chi connectivity index (χ1) is 49.4. The van der Waals surface area contributed by atoms with E-state index in [1.807, 2.05) is 243 Å². The maximum atomic E-state index is 9.52. The van der Waals surface area contributed by atoms with Crippen molar-refractivity contribution in [2.75, 3.05) is 0 Å². The highest BCUT2D eigenvalue weighted by Crippen LogP contribution is 2.36. The van der Waals surface area contributed by atoms with Crippen LogP contribution in [-0.2, 0) is 0 Å². The van der Waals surface area contributed by atoms with Crippen molar-refractivity contribution < 1.29 is 0 Å². The Morgan fingerprint density at radius 3 is 0.680 bits per heavy atom. The fourth-order valence-electron chi connectivity index (χ4n) is 11.6. The number of hydrogen-bond acceptors (Lipinski definition) is 12. The van der Waals surface area contributed by atoms with Crippen LogP contribution in [0.3, 0.4) is 0 Å². The summed E-state index contributed by atoms with van der Waals surface area (Å²) in [4.78, 5) is 48.9. The fraction of sp³-hybridized carbons (Fsp3) is 0. The molecule has 0 saturated carbocycles. The smallest absolute Gasteiger partial charge is 0.164 e. The third kappa shape index (κ3) is 14.1. The molecule has 0 bridgehead atoms. The average molecular weight is 1280 g/mol. The van der Waals surface area contributed by atoms with Crippen LogP contribution >= 0.6 is 0 Å². The number of nitrogens with zero attached hydrogens (tertiary/aromatic N) is 12. The lowest BCUT2D eigenvalue weighted by Gasteiger charge is -2.11. The van der Waals surface area contributed by atoms with Gasteiger partial charge >= 0.3 is 0 Å². The Balaban J connectivity index is 0.000000162. The van der Waals surface area contributed by atoms with Gasteiger partial charge in [0.25, 0.3) is 0 Å². The molecule has 468 valence electrons. The third-order valence-electron chi connectivity index (χ3n) is 16.8. The van der Waals surface area contributed by atoms with E-state index in [0.29, 0.717) is 57.7 Å². The van der Waals surface area contributed by atoms with E-state index in [9.17, 15) is 10.5 Å². The van der Waals surface area contributed by atoms with Gasteiger partial charge in [0, 0.05) is 66.8 Å². The Hall–Kier alpha value is -14.2. The van der Waals surface area contributed by atoms with Gasteiger partial charge in [-0.2, -0.15) is 10.5 Å². The Kier molecular flexibility index (Phi) is 17.8. The van der Waals surface area contributed by atoms with Gasteiger partial charge in [-0.05, 0) is 70.8 Å². The zero-order chi connectivity index (χ0) is 67.4.